The molecule has 0 heterocycles. The molecule has 0 saturated carbocycles. The Morgan fingerprint density at radius 2 is 1.27 bits per heavy atom. The van der Waals surface area contributed by atoms with Gasteiger partial charge in [-0.3, -0.25) is 0 Å². The van der Waals surface area contributed by atoms with E-state index in [1.165, 1.54) is 24.3 Å². The van der Waals surface area contributed by atoms with Crippen LogP contribution in [0.2, 0.25) is 5.02 Å². The number of halogens is 6. The normalized spacial score (nSPS) is 12.1. The molecule has 0 atom stereocenters. The van der Waals surface area contributed by atoms with E-state index in [2.05, 4.69) is 0 Å². The molecule has 4 aromatic rings. The molecule has 0 saturated heterocycles. The summed E-state index contributed by atoms with van der Waals surface area (Å²) in [6.45, 7) is 5.27. The first kappa shape index (κ1) is 26.9. The Balaban J connectivity index is 2.15. The summed E-state index contributed by atoms with van der Waals surface area (Å²) >= 11 is 6.16. The van der Waals surface area contributed by atoms with Crippen LogP contribution in [-0.4, -0.2) is 0 Å². The largest absolute Gasteiger partial charge is 0.417 e. The number of rotatable bonds is 5. The molecule has 0 aliphatic heterocycles. The molecule has 0 aliphatic carbocycles. The molecule has 0 unspecified atom stereocenters. The summed E-state index contributed by atoms with van der Waals surface area (Å²) in [6.07, 6.45) is -5.17. The van der Waals surface area contributed by atoms with Crippen LogP contribution >= 0.6 is 11.6 Å². The van der Waals surface area contributed by atoms with Crippen LogP contribution in [0.3, 0.4) is 0 Å². The van der Waals surface area contributed by atoms with E-state index in [4.69, 9.17) is 11.6 Å². The minimum absolute atomic E-state index is 0.00563. The first-order chi connectivity index (χ1) is 17.4. The number of benzene rings is 4. The Morgan fingerprint density at radius 1 is 0.676 bits per heavy atom. The zero-order valence-electron chi connectivity index (χ0n) is 20.7. The van der Waals surface area contributed by atoms with Crippen LogP contribution in [-0.2, 0) is 24.4 Å². The van der Waals surface area contributed by atoms with Gasteiger partial charge in [-0.25, -0.2) is 8.78 Å². The van der Waals surface area contributed by atoms with Crippen molar-refractivity contribution in [2.45, 2.75) is 45.2 Å². The van der Waals surface area contributed by atoms with Crippen molar-refractivity contribution < 1.29 is 22.0 Å². The van der Waals surface area contributed by atoms with E-state index in [-0.39, 0.29) is 29.5 Å². The highest BCUT2D eigenvalue weighted by molar-refractivity contribution is 6.30. The van der Waals surface area contributed by atoms with Crippen LogP contribution < -0.4 is 0 Å². The van der Waals surface area contributed by atoms with Crippen LogP contribution in [0.1, 0.15) is 54.2 Å². The van der Waals surface area contributed by atoms with Crippen molar-refractivity contribution in [1.82, 2.24) is 0 Å². The summed E-state index contributed by atoms with van der Waals surface area (Å²) in [7, 11) is 0. The van der Waals surface area contributed by atoms with Gasteiger partial charge >= 0.3 is 6.18 Å². The van der Waals surface area contributed by atoms with Crippen molar-refractivity contribution in [1.29, 1.82) is 0 Å². The fourth-order valence-corrected chi connectivity index (χ4v) is 5.09. The maximum atomic E-state index is 16.5. The third-order valence-electron chi connectivity index (χ3n) is 6.30. The van der Waals surface area contributed by atoms with Crippen LogP contribution in [0.4, 0.5) is 22.0 Å². The molecular weight excluding hydrogens is 503 g/mol. The predicted molar refractivity (Wildman–Crippen MR) is 139 cm³/mol. The van der Waals surface area contributed by atoms with Gasteiger partial charge in [0.2, 0.25) is 0 Å². The number of hydrogen-bond acceptors (Lipinski definition) is 0. The SMILES string of the molecule is CC(C)(C)c1c(Cc2cccc(Cl)c2)c(C(F)(F)F)c(Cc2ccccc2)c(F)c1-c1ccc(F)cc1. The lowest BCUT2D eigenvalue weighted by atomic mass is 9.73. The zero-order valence-corrected chi connectivity index (χ0v) is 21.4. The Bertz CT molecular complexity index is 1400. The van der Waals surface area contributed by atoms with Crippen LogP contribution in [0, 0.1) is 11.6 Å². The van der Waals surface area contributed by atoms with Crippen LogP contribution in [0.15, 0.2) is 78.9 Å². The maximum Gasteiger partial charge on any atom is 0.417 e. The van der Waals surface area contributed by atoms with Crippen LogP contribution in [0.25, 0.3) is 11.1 Å². The van der Waals surface area contributed by atoms with Gasteiger partial charge in [-0.15, -0.1) is 0 Å². The van der Waals surface area contributed by atoms with Crippen molar-refractivity contribution >= 4 is 11.6 Å². The van der Waals surface area contributed by atoms with Crippen LogP contribution in [0.5, 0.6) is 0 Å². The average molecular weight is 529 g/mol. The lowest BCUT2D eigenvalue weighted by molar-refractivity contribution is -0.139. The van der Waals surface area contributed by atoms with Gasteiger partial charge in [-0.05, 0) is 63.9 Å². The summed E-state index contributed by atoms with van der Waals surface area (Å²) in [5.74, 6) is -1.46. The number of hydrogen-bond donors (Lipinski definition) is 0. The molecule has 6 heteroatoms. The van der Waals surface area contributed by atoms with E-state index in [0.29, 0.717) is 21.7 Å². The second kappa shape index (κ2) is 10.3. The van der Waals surface area contributed by atoms with Gasteiger partial charge in [-0.1, -0.05) is 87.0 Å². The third kappa shape index (κ3) is 5.88. The molecule has 0 bridgehead atoms. The molecule has 37 heavy (non-hydrogen) atoms. The van der Waals surface area contributed by atoms with Gasteiger partial charge in [0.25, 0.3) is 0 Å². The fourth-order valence-electron chi connectivity index (χ4n) is 4.88. The van der Waals surface area contributed by atoms with Gasteiger partial charge in [0.05, 0.1) is 5.56 Å². The molecule has 0 fully saturated rings. The Hall–Kier alpha value is -3.18. The third-order valence-corrected chi connectivity index (χ3v) is 6.53. The van der Waals surface area contributed by atoms with Crippen molar-refractivity contribution in [3.05, 3.63) is 129 Å². The van der Waals surface area contributed by atoms with E-state index < -0.39 is 34.4 Å². The fraction of sp³-hybridized carbons (Fsp3) is 0.226. The van der Waals surface area contributed by atoms with Crippen molar-refractivity contribution in [3.63, 3.8) is 0 Å². The second-order valence-electron chi connectivity index (χ2n) is 10.1. The molecule has 4 aromatic carbocycles. The Kier molecular flexibility index (Phi) is 7.48. The molecule has 0 aromatic heterocycles. The molecule has 0 spiro atoms. The molecule has 0 aliphatic rings. The summed E-state index contributed by atoms with van der Waals surface area (Å²) in [4.78, 5) is 0. The van der Waals surface area contributed by atoms with Crippen molar-refractivity contribution in [2.24, 2.45) is 0 Å². The lowest BCUT2D eigenvalue weighted by Gasteiger charge is -2.32. The minimum atomic E-state index is -4.82. The molecule has 4 rings (SSSR count). The van der Waals surface area contributed by atoms with Gasteiger partial charge in [0.1, 0.15) is 11.6 Å². The number of alkyl halides is 3. The van der Waals surface area contributed by atoms with E-state index in [1.807, 2.05) is 0 Å². The molecule has 0 nitrogen and oxygen atoms in total. The van der Waals surface area contributed by atoms with E-state index in [1.54, 1.807) is 75.4 Å². The average Bonchev–Trinajstić information content (AvgIpc) is 2.80. The van der Waals surface area contributed by atoms with Crippen molar-refractivity contribution in [2.75, 3.05) is 0 Å². The molecule has 0 amide bonds. The topological polar surface area (TPSA) is 0 Å². The lowest BCUT2D eigenvalue weighted by Crippen LogP contribution is -2.24. The van der Waals surface area contributed by atoms with E-state index >= 15 is 4.39 Å². The van der Waals surface area contributed by atoms with Gasteiger partial charge in [0.15, 0.2) is 0 Å². The second-order valence-corrected chi connectivity index (χ2v) is 10.6. The smallest absolute Gasteiger partial charge is 0.207 e. The predicted octanol–water partition coefficient (Wildman–Crippen LogP) is 9.78. The minimum Gasteiger partial charge on any atom is -0.207 e. The molecule has 192 valence electrons. The van der Waals surface area contributed by atoms with E-state index in [0.717, 1.165) is 0 Å². The van der Waals surface area contributed by atoms with Gasteiger partial charge < -0.3 is 0 Å². The molecule has 0 N–H and O–H groups in total. The monoisotopic (exact) mass is 528 g/mol. The summed E-state index contributed by atoms with van der Waals surface area (Å²) in [6, 6.07) is 20.3. The first-order valence-corrected chi connectivity index (χ1v) is 12.2. The quantitative estimate of drug-likeness (QED) is 0.226. The molecular formula is C31H26ClF5. The Morgan fingerprint density at radius 3 is 1.84 bits per heavy atom. The maximum absolute atomic E-state index is 16.5. The van der Waals surface area contributed by atoms with Crippen molar-refractivity contribution in [3.8, 4) is 11.1 Å². The highest BCUT2D eigenvalue weighted by Gasteiger charge is 2.42. The summed E-state index contributed by atoms with van der Waals surface area (Å²) in [5, 5.41) is 0.397. The van der Waals surface area contributed by atoms with Gasteiger partial charge in [0, 0.05) is 22.6 Å². The zero-order chi connectivity index (χ0) is 27.0. The molecule has 0 radical (unpaired) electrons. The van der Waals surface area contributed by atoms with E-state index in [9.17, 15) is 17.6 Å². The Labute approximate surface area is 218 Å². The highest BCUT2D eigenvalue weighted by Crippen LogP contribution is 2.47. The summed E-state index contributed by atoms with van der Waals surface area (Å²) in [5.41, 5.74) is -0.533. The van der Waals surface area contributed by atoms with Gasteiger partial charge in [-0.2, -0.15) is 13.2 Å². The highest BCUT2D eigenvalue weighted by atomic mass is 35.5. The standard InChI is InChI=1S/C31H26ClF5/c1-30(2,3)28-24(18-20-10-7-11-22(32)16-20)27(31(35,36)37)25(17-19-8-5-4-6-9-19)29(34)26(28)21-12-14-23(33)15-13-21/h4-16H,17-18H2,1-3H3. The summed E-state index contributed by atoms with van der Waals surface area (Å²) < 4.78 is 74.9. The first-order valence-electron chi connectivity index (χ1n) is 11.9.